The standard InChI is InChI=1S/C24H43NP/c1-4-6-18-23(5-2)26(3,24-19-14-13-15-20-24)22-17-12-10-8-7-9-11-16-21-25/h5-6,14,18-20H,4,7-13,15-17,21-22,25H2,1-3H3/q+1/b18-6-,23-5+. The van der Waals surface area contributed by atoms with Crippen molar-refractivity contribution in [3.63, 3.8) is 0 Å². The summed E-state index contributed by atoms with van der Waals surface area (Å²) in [7, 11) is -1.22. The summed E-state index contributed by atoms with van der Waals surface area (Å²) in [6.07, 6.45) is 30.2. The van der Waals surface area contributed by atoms with Crippen molar-refractivity contribution in [3.8, 4) is 0 Å². The molecule has 0 fully saturated rings. The van der Waals surface area contributed by atoms with E-state index in [0.717, 1.165) is 13.0 Å². The van der Waals surface area contributed by atoms with Crippen LogP contribution in [0.25, 0.3) is 0 Å². The third kappa shape index (κ3) is 8.36. The highest BCUT2D eigenvalue weighted by Crippen LogP contribution is 2.70. The molecular weight excluding hydrogens is 333 g/mol. The van der Waals surface area contributed by atoms with E-state index in [9.17, 15) is 0 Å². The molecule has 0 spiro atoms. The Hall–Kier alpha value is -0.650. The van der Waals surface area contributed by atoms with E-state index in [-0.39, 0.29) is 0 Å². The maximum Gasteiger partial charge on any atom is 0.0946 e. The van der Waals surface area contributed by atoms with E-state index >= 15 is 0 Å². The fraction of sp³-hybridized carbons (Fsp3) is 0.667. The van der Waals surface area contributed by atoms with Crippen LogP contribution in [0.5, 0.6) is 0 Å². The molecule has 1 unspecified atom stereocenters. The average Bonchev–Trinajstić information content (AvgIpc) is 2.68. The molecule has 2 heteroatoms. The lowest BCUT2D eigenvalue weighted by atomic mass is 10.1. The predicted molar refractivity (Wildman–Crippen MR) is 123 cm³/mol. The summed E-state index contributed by atoms with van der Waals surface area (Å²) in [6.45, 7) is 7.87. The van der Waals surface area contributed by atoms with Crippen LogP contribution in [0.2, 0.25) is 0 Å². The first-order valence-electron chi connectivity index (χ1n) is 10.9. The molecule has 0 aromatic heterocycles. The quantitative estimate of drug-likeness (QED) is 0.187. The van der Waals surface area contributed by atoms with Crippen LogP contribution >= 0.6 is 7.26 Å². The van der Waals surface area contributed by atoms with Crippen LogP contribution in [0.15, 0.2) is 47.1 Å². The van der Waals surface area contributed by atoms with Gasteiger partial charge in [0, 0.05) is 0 Å². The van der Waals surface area contributed by atoms with E-state index in [1.165, 1.54) is 70.4 Å². The van der Waals surface area contributed by atoms with Crippen molar-refractivity contribution < 1.29 is 0 Å². The average molecular weight is 377 g/mol. The lowest BCUT2D eigenvalue weighted by Gasteiger charge is -2.26. The molecule has 1 aliphatic carbocycles. The second-order valence-electron chi connectivity index (χ2n) is 7.67. The maximum atomic E-state index is 5.56. The van der Waals surface area contributed by atoms with Crippen LogP contribution in [0, 0.1) is 0 Å². The van der Waals surface area contributed by atoms with Crippen LogP contribution in [-0.4, -0.2) is 19.4 Å². The highest BCUT2D eigenvalue weighted by atomic mass is 31.2. The van der Waals surface area contributed by atoms with Crippen LogP contribution < -0.4 is 5.73 Å². The van der Waals surface area contributed by atoms with Crippen LogP contribution in [0.1, 0.15) is 84.5 Å². The number of nitrogens with two attached hydrogens (primary N) is 1. The van der Waals surface area contributed by atoms with Crippen molar-refractivity contribution in [2.24, 2.45) is 5.73 Å². The van der Waals surface area contributed by atoms with Crippen LogP contribution in [0.3, 0.4) is 0 Å². The number of allylic oxidation sites excluding steroid dienone is 8. The van der Waals surface area contributed by atoms with Gasteiger partial charge >= 0.3 is 0 Å². The molecular formula is C24H43NP+. The minimum absolute atomic E-state index is 0.854. The first-order valence-corrected chi connectivity index (χ1v) is 13.4. The van der Waals surface area contributed by atoms with Gasteiger partial charge in [0.05, 0.1) is 30.7 Å². The number of unbranched alkanes of at least 4 members (excludes halogenated alkanes) is 7. The third-order valence-corrected chi connectivity index (χ3v) is 9.72. The van der Waals surface area contributed by atoms with E-state index in [0.29, 0.717) is 0 Å². The van der Waals surface area contributed by atoms with Gasteiger partial charge in [-0.15, -0.1) is 0 Å². The van der Waals surface area contributed by atoms with Crippen molar-refractivity contribution in [2.45, 2.75) is 84.5 Å². The summed E-state index contributed by atoms with van der Waals surface area (Å²) in [4.78, 5) is 0. The summed E-state index contributed by atoms with van der Waals surface area (Å²) in [5.41, 5.74) is 5.56. The minimum atomic E-state index is -1.22. The fourth-order valence-electron chi connectivity index (χ4n) is 3.79. The Balaban J connectivity index is 2.54. The normalized spacial score (nSPS) is 17.5. The van der Waals surface area contributed by atoms with Crippen LogP contribution in [0.4, 0.5) is 0 Å². The molecule has 0 saturated heterocycles. The van der Waals surface area contributed by atoms with Gasteiger partial charge in [0.25, 0.3) is 0 Å². The second-order valence-corrected chi connectivity index (χ2v) is 11.5. The van der Waals surface area contributed by atoms with Gasteiger partial charge in [-0.2, -0.15) is 0 Å². The minimum Gasteiger partial charge on any atom is -0.330 e. The Labute approximate surface area is 164 Å². The Kier molecular flexibility index (Phi) is 13.0. The van der Waals surface area contributed by atoms with E-state index in [2.05, 4.69) is 57.0 Å². The zero-order chi connectivity index (χ0) is 19.1. The fourth-order valence-corrected chi connectivity index (χ4v) is 7.43. The van der Waals surface area contributed by atoms with Gasteiger partial charge in [-0.3, -0.25) is 0 Å². The third-order valence-electron chi connectivity index (χ3n) is 5.49. The molecule has 0 aromatic carbocycles. The summed E-state index contributed by atoms with van der Waals surface area (Å²) >= 11 is 0. The topological polar surface area (TPSA) is 26.0 Å². The van der Waals surface area contributed by atoms with Crippen molar-refractivity contribution in [1.29, 1.82) is 0 Å². The molecule has 2 N–H and O–H groups in total. The number of rotatable bonds is 14. The highest BCUT2D eigenvalue weighted by Gasteiger charge is 2.38. The van der Waals surface area contributed by atoms with Gasteiger partial charge < -0.3 is 5.73 Å². The largest absolute Gasteiger partial charge is 0.330 e. The Morgan fingerprint density at radius 1 is 1.04 bits per heavy atom. The molecule has 1 nitrogen and oxygen atoms in total. The Morgan fingerprint density at radius 3 is 2.23 bits per heavy atom. The van der Waals surface area contributed by atoms with Gasteiger partial charge in [0.1, 0.15) is 0 Å². The maximum absolute atomic E-state index is 5.56. The SMILES string of the molecule is C/C=C(\C=C/CC)[P+](C)(CCCCCCCCCCN)C1=CCCC=C1. The Bertz CT molecular complexity index is 486. The predicted octanol–water partition coefficient (Wildman–Crippen LogP) is 7.82. The van der Waals surface area contributed by atoms with Crippen molar-refractivity contribution in [1.82, 2.24) is 0 Å². The smallest absolute Gasteiger partial charge is 0.0946 e. The molecule has 0 amide bonds. The number of hydrogen-bond acceptors (Lipinski definition) is 1. The van der Waals surface area contributed by atoms with E-state index < -0.39 is 7.26 Å². The van der Waals surface area contributed by atoms with Gasteiger partial charge in [-0.1, -0.05) is 51.2 Å². The molecule has 0 aromatic rings. The van der Waals surface area contributed by atoms with Crippen molar-refractivity contribution in [3.05, 3.63) is 47.1 Å². The molecule has 0 heterocycles. The summed E-state index contributed by atoms with van der Waals surface area (Å²) in [5, 5.41) is 3.23. The van der Waals surface area contributed by atoms with E-state index in [1.54, 1.807) is 10.6 Å². The molecule has 1 aliphatic rings. The van der Waals surface area contributed by atoms with Gasteiger partial charge in [0.2, 0.25) is 0 Å². The van der Waals surface area contributed by atoms with E-state index in [4.69, 9.17) is 5.73 Å². The molecule has 0 radical (unpaired) electrons. The summed E-state index contributed by atoms with van der Waals surface area (Å²) in [6, 6.07) is 0. The summed E-state index contributed by atoms with van der Waals surface area (Å²) in [5.74, 6) is 0. The van der Waals surface area contributed by atoms with E-state index in [1.807, 2.05) is 0 Å². The molecule has 148 valence electrons. The lowest BCUT2D eigenvalue weighted by Crippen LogP contribution is -2.04. The van der Waals surface area contributed by atoms with Gasteiger partial charge in [-0.25, -0.2) is 0 Å². The first-order chi connectivity index (χ1) is 12.7. The molecule has 26 heavy (non-hydrogen) atoms. The highest BCUT2D eigenvalue weighted by molar-refractivity contribution is 7.83. The molecule has 0 bridgehead atoms. The monoisotopic (exact) mass is 376 g/mol. The first kappa shape index (κ1) is 23.4. The van der Waals surface area contributed by atoms with Crippen molar-refractivity contribution in [2.75, 3.05) is 19.4 Å². The van der Waals surface area contributed by atoms with Gasteiger partial charge in [0.15, 0.2) is 0 Å². The lowest BCUT2D eigenvalue weighted by molar-refractivity contribution is 0.579. The van der Waals surface area contributed by atoms with Crippen molar-refractivity contribution >= 4 is 7.26 Å². The zero-order valence-electron chi connectivity index (χ0n) is 17.7. The molecule has 0 saturated carbocycles. The molecule has 1 rings (SSSR count). The zero-order valence-corrected chi connectivity index (χ0v) is 18.6. The summed E-state index contributed by atoms with van der Waals surface area (Å²) < 4.78 is 0. The van der Waals surface area contributed by atoms with Gasteiger partial charge in [-0.05, 0) is 76.3 Å². The number of hydrogen-bond donors (Lipinski definition) is 1. The molecule has 1 atom stereocenters. The molecule has 0 aliphatic heterocycles. The van der Waals surface area contributed by atoms with Crippen LogP contribution in [-0.2, 0) is 0 Å². The Morgan fingerprint density at radius 2 is 1.69 bits per heavy atom. The second kappa shape index (κ2) is 14.4.